The van der Waals surface area contributed by atoms with Crippen molar-refractivity contribution < 1.29 is 5.11 Å². The van der Waals surface area contributed by atoms with Gasteiger partial charge in [0.25, 0.3) is 0 Å². The number of nitrogens with zero attached hydrogens (tertiary/aromatic N) is 2. The second kappa shape index (κ2) is 4.06. The molecule has 0 saturated heterocycles. The van der Waals surface area contributed by atoms with Gasteiger partial charge in [0.15, 0.2) is 0 Å². The van der Waals surface area contributed by atoms with E-state index in [4.69, 9.17) is 5.11 Å². The second-order valence-electron chi connectivity index (χ2n) is 1.68. The highest BCUT2D eigenvalue weighted by atomic mass is 79.9. The molecule has 0 aliphatic carbocycles. The minimum absolute atomic E-state index is 0.155. The Balaban J connectivity index is 2.82. The van der Waals surface area contributed by atoms with Gasteiger partial charge in [-0.05, 0) is 21.9 Å². The van der Waals surface area contributed by atoms with Gasteiger partial charge in [-0.15, -0.1) is 0 Å². The molecule has 0 radical (unpaired) electrons. The van der Waals surface area contributed by atoms with E-state index in [1.165, 1.54) is 6.20 Å². The lowest BCUT2D eigenvalue weighted by molar-refractivity contribution is 0.350. The fourth-order valence-corrected chi connectivity index (χ4v) is 0.712. The zero-order valence-electron chi connectivity index (χ0n) is 5.58. The summed E-state index contributed by atoms with van der Waals surface area (Å²) in [7, 11) is 0. The molecule has 0 bridgehead atoms. The third kappa shape index (κ3) is 2.66. The molecule has 0 saturated carbocycles. The van der Waals surface area contributed by atoms with Crippen molar-refractivity contribution in [2.24, 2.45) is 0 Å². The van der Waals surface area contributed by atoms with Crippen molar-refractivity contribution in [1.82, 2.24) is 9.97 Å². The molecule has 11 heavy (non-hydrogen) atoms. The molecule has 1 N–H and O–H groups in total. The first-order chi connectivity index (χ1) is 5.33. The number of hydrogen-bond acceptors (Lipinski definition) is 3. The van der Waals surface area contributed by atoms with Crippen molar-refractivity contribution in [1.29, 1.82) is 0 Å². The van der Waals surface area contributed by atoms with Crippen molar-refractivity contribution in [3.05, 3.63) is 22.7 Å². The third-order valence-electron chi connectivity index (χ3n) is 0.916. The summed E-state index contributed by atoms with van der Waals surface area (Å²) in [6.07, 6.45) is 3.09. The van der Waals surface area contributed by atoms with Crippen LogP contribution in [0.15, 0.2) is 17.0 Å². The predicted octanol–water partition coefficient (Wildman–Crippen LogP) is 0.583. The normalized spacial score (nSPS) is 8.55. The number of aliphatic hydroxyl groups is 1. The smallest absolute Gasteiger partial charge is 0.131 e. The van der Waals surface area contributed by atoms with Crippen LogP contribution in [-0.4, -0.2) is 21.7 Å². The van der Waals surface area contributed by atoms with Gasteiger partial charge in [-0.1, -0.05) is 5.92 Å². The largest absolute Gasteiger partial charge is 0.384 e. The van der Waals surface area contributed by atoms with Gasteiger partial charge in [0, 0.05) is 0 Å². The number of rotatable bonds is 0. The molecule has 1 aromatic rings. The van der Waals surface area contributed by atoms with Gasteiger partial charge in [-0.3, -0.25) is 0 Å². The van der Waals surface area contributed by atoms with Gasteiger partial charge in [-0.25, -0.2) is 9.97 Å². The Morgan fingerprint density at radius 1 is 1.45 bits per heavy atom. The SMILES string of the molecule is OCC#Cc1cnc(Br)cn1. The standard InChI is InChI=1S/C7H5BrN2O/c8-7-5-9-6(4-10-7)2-1-3-11/h4-5,11H,3H2. The summed E-state index contributed by atoms with van der Waals surface area (Å²) in [6.45, 7) is -0.155. The van der Waals surface area contributed by atoms with Crippen LogP contribution in [0.3, 0.4) is 0 Å². The van der Waals surface area contributed by atoms with Crippen LogP contribution >= 0.6 is 15.9 Å². The summed E-state index contributed by atoms with van der Waals surface area (Å²) >= 11 is 3.14. The van der Waals surface area contributed by atoms with Crippen molar-refractivity contribution in [3.63, 3.8) is 0 Å². The van der Waals surface area contributed by atoms with Gasteiger partial charge in [0.1, 0.15) is 16.9 Å². The molecule has 0 aromatic carbocycles. The Morgan fingerprint density at radius 3 is 2.82 bits per heavy atom. The summed E-state index contributed by atoms with van der Waals surface area (Å²) in [5, 5.41) is 8.35. The maximum atomic E-state index is 8.35. The number of aliphatic hydroxyl groups excluding tert-OH is 1. The fourth-order valence-electron chi connectivity index (χ4n) is 0.507. The van der Waals surface area contributed by atoms with E-state index < -0.39 is 0 Å². The van der Waals surface area contributed by atoms with Crippen LogP contribution in [0, 0.1) is 11.8 Å². The van der Waals surface area contributed by atoms with Crippen LogP contribution in [0.5, 0.6) is 0 Å². The average molecular weight is 213 g/mol. The first-order valence-corrected chi connectivity index (χ1v) is 3.69. The van der Waals surface area contributed by atoms with Crippen LogP contribution in [0.2, 0.25) is 0 Å². The summed E-state index contributed by atoms with van der Waals surface area (Å²) < 4.78 is 0.673. The maximum absolute atomic E-state index is 8.35. The number of aromatic nitrogens is 2. The maximum Gasteiger partial charge on any atom is 0.131 e. The lowest BCUT2D eigenvalue weighted by Gasteiger charge is -1.87. The highest BCUT2D eigenvalue weighted by Gasteiger charge is 1.88. The quantitative estimate of drug-likeness (QED) is 0.641. The predicted molar refractivity (Wildman–Crippen MR) is 43.7 cm³/mol. The Morgan fingerprint density at radius 2 is 2.27 bits per heavy atom. The summed E-state index contributed by atoms with van der Waals surface area (Å²) in [6, 6.07) is 0. The zero-order chi connectivity index (χ0) is 8.10. The lowest BCUT2D eigenvalue weighted by atomic mass is 10.4. The molecule has 1 rings (SSSR count). The monoisotopic (exact) mass is 212 g/mol. The number of halogens is 1. The molecule has 1 aromatic heterocycles. The molecule has 4 heteroatoms. The summed E-state index contributed by atoms with van der Waals surface area (Å²) in [5.41, 5.74) is 0.558. The minimum Gasteiger partial charge on any atom is -0.384 e. The summed E-state index contributed by atoms with van der Waals surface area (Å²) in [4.78, 5) is 7.82. The van der Waals surface area contributed by atoms with Crippen molar-refractivity contribution in [2.45, 2.75) is 0 Å². The first-order valence-electron chi connectivity index (χ1n) is 2.90. The molecule has 0 aliphatic rings. The van der Waals surface area contributed by atoms with Crippen LogP contribution in [0.25, 0.3) is 0 Å². The molecule has 1 heterocycles. The molecule has 0 spiro atoms. The summed E-state index contributed by atoms with van der Waals surface area (Å²) in [5.74, 6) is 5.10. The van der Waals surface area contributed by atoms with E-state index in [1.807, 2.05) is 0 Å². The van der Waals surface area contributed by atoms with E-state index in [2.05, 4.69) is 37.7 Å². The first kappa shape index (κ1) is 8.18. The Kier molecular flexibility index (Phi) is 3.02. The Hall–Kier alpha value is -0.920. The van der Waals surface area contributed by atoms with E-state index in [9.17, 15) is 0 Å². The average Bonchev–Trinajstić information content (AvgIpc) is 2.04. The molecular weight excluding hydrogens is 208 g/mol. The Labute approximate surface area is 72.6 Å². The lowest BCUT2D eigenvalue weighted by Crippen LogP contribution is -1.84. The van der Waals surface area contributed by atoms with Crippen molar-refractivity contribution in [3.8, 4) is 11.8 Å². The van der Waals surface area contributed by atoms with Gasteiger partial charge in [-0.2, -0.15) is 0 Å². The van der Waals surface area contributed by atoms with Crippen LogP contribution in [-0.2, 0) is 0 Å². The van der Waals surface area contributed by atoms with E-state index >= 15 is 0 Å². The molecule has 0 unspecified atom stereocenters. The van der Waals surface area contributed by atoms with Gasteiger partial charge in [0.2, 0.25) is 0 Å². The molecule has 3 nitrogen and oxygen atoms in total. The van der Waals surface area contributed by atoms with Gasteiger partial charge < -0.3 is 5.11 Å². The molecule has 0 aliphatic heterocycles. The topological polar surface area (TPSA) is 46.0 Å². The molecule has 56 valence electrons. The molecule has 0 atom stereocenters. The van der Waals surface area contributed by atoms with E-state index in [1.54, 1.807) is 6.20 Å². The van der Waals surface area contributed by atoms with Gasteiger partial charge >= 0.3 is 0 Å². The van der Waals surface area contributed by atoms with Crippen LogP contribution < -0.4 is 0 Å². The molecule has 0 amide bonds. The highest BCUT2D eigenvalue weighted by molar-refractivity contribution is 9.10. The van der Waals surface area contributed by atoms with Crippen molar-refractivity contribution in [2.75, 3.05) is 6.61 Å². The minimum atomic E-state index is -0.155. The van der Waals surface area contributed by atoms with Crippen LogP contribution in [0.4, 0.5) is 0 Å². The van der Waals surface area contributed by atoms with E-state index in [0.29, 0.717) is 10.3 Å². The van der Waals surface area contributed by atoms with Crippen molar-refractivity contribution >= 4 is 15.9 Å². The van der Waals surface area contributed by atoms with Crippen LogP contribution in [0.1, 0.15) is 5.69 Å². The molecule has 0 fully saturated rings. The fraction of sp³-hybridized carbons (Fsp3) is 0.143. The van der Waals surface area contributed by atoms with E-state index in [-0.39, 0.29) is 6.61 Å². The Bertz CT molecular complexity index is 286. The van der Waals surface area contributed by atoms with E-state index in [0.717, 1.165) is 0 Å². The zero-order valence-corrected chi connectivity index (χ0v) is 7.17. The highest BCUT2D eigenvalue weighted by Crippen LogP contribution is 2.01. The second-order valence-corrected chi connectivity index (χ2v) is 2.50. The molecular formula is C7H5BrN2O. The third-order valence-corrected chi connectivity index (χ3v) is 1.33. The van der Waals surface area contributed by atoms with Gasteiger partial charge in [0.05, 0.1) is 12.4 Å². The number of hydrogen-bond donors (Lipinski definition) is 1.